The lowest BCUT2D eigenvalue weighted by molar-refractivity contribution is 0.496. The Labute approximate surface area is 87.0 Å². The van der Waals surface area contributed by atoms with Crippen LogP contribution >= 0.6 is 0 Å². The summed E-state index contributed by atoms with van der Waals surface area (Å²) in [6.45, 7) is 5.97. The molecule has 2 rings (SSSR count). The second-order valence-corrected chi connectivity index (χ2v) is 4.43. The van der Waals surface area contributed by atoms with Gasteiger partial charge in [0.1, 0.15) is 5.52 Å². The van der Waals surface area contributed by atoms with Gasteiger partial charge < -0.3 is 4.42 Å². The molecule has 0 amide bonds. The summed E-state index contributed by atoms with van der Waals surface area (Å²) in [6.07, 6.45) is 1.67. The molecule has 2 aromatic rings. The topological polar surface area (TPSA) is 56.0 Å². The summed E-state index contributed by atoms with van der Waals surface area (Å²) in [5.74, 6) is -0.569. The summed E-state index contributed by atoms with van der Waals surface area (Å²) in [6, 6.07) is 3.46. The van der Waals surface area contributed by atoms with E-state index in [2.05, 4.69) is 9.97 Å². The van der Waals surface area contributed by atoms with Crippen molar-refractivity contribution in [3.63, 3.8) is 0 Å². The average molecular weight is 204 g/mol. The van der Waals surface area contributed by atoms with Crippen LogP contribution in [0.3, 0.4) is 0 Å². The number of rotatable bonds is 0. The van der Waals surface area contributed by atoms with E-state index in [0.717, 1.165) is 0 Å². The fourth-order valence-electron chi connectivity index (χ4n) is 1.43. The molecule has 0 aromatic carbocycles. The van der Waals surface area contributed by atoms with E-state index >= 15 is 0 Å². The lowest BCUT2D eigenvalue weighted by Gasteiger charge is -2.17. The van der Waals surface area contributed by atoms with Crippen molar-refractivity contribution in [2.75, 3.05) is 0 Å². The van der Waals surface area contributed by atoms with Crippen LogP contribution in [0, 0.1) is 0 Å². The Balaban J connectivity index is 2.89. The van der Waals surface area contributed by atoms with Gasteiger partial charge in [0.15, 0.2) is 5.58 Å². The zero-order chi connectivity index (χ0) is 11.1. The largest absolute Gasteiger partial charge is 0.439 e. The van der Waals surface area contributed by atoms with Gasteiger partial charge in [-0.3, -0.25) is 4.98 Å². The van der Waals surface area contributed by atoms with E-state index in [4.69, 9.17) is 4.42 Å². The fourth-order valence-corrected chi connectivity index (χ4v) is 1.43. The quantitative estimate of drug-likeness (QED) is 0.657. The molecular weight excluding hydrogens is 192 g/mol. The molecule has 0 fully saturated rings. The Hall–Kier alpha value is -1.71. The van der Waals surface area contributed by atoms with Crippen LogP contribution in [-0.2, 0) is 5.41 Å². The minimum Gasteiger partial charge on any atom is -0.406 e. The van der Waals surface area contributed by atoms with Crippen molar-refractivity contribution in [1.29, 1.82) is 0 Å². The highest BCUT2D eigenvalue weighted by molar-refractivity contribution is 5.74. The normalized spacial score (nSPS) is 11.9. The maximum Gasteiger partial charge on any atom is 0.439 e. The van der Waals surface area contributed by atoms with E-state index in [1.54, 1.807) is 18.3 Å². The van der Waals surface area contributed by atoms with Gasteiger partial charge in [-0.25, -0.2) is 4.79 Å². The molecule has 0 aliphatic heterocycles. The first-order chi connectivity index (χ1) is 6.98. The molecule has 0 aliphatic rings. The van der Waals surface area contributed by atoms with Gasteiger partial charge >= 0.3 is 5.76 Å². The van der Waals surface area contributed by atoms with Crippen molar-refractivity contribution < 1.29 is 4.42 Å². The standard InChI is InChI=1S/C11H12N2O2/c1-11(2,3)9-8-7(5-4-6-12-8)15-10(14)13-9/h4-6H,1-3H3. The Bertz CT molecular complexity index is 552. The van der Waals surface area contributed by atoms with Crippen LogP contribution in [0.2, 0.25) is 0 Å². The third kappa shape index (κ3) is 1.75. The minimum absolute atomic E-state index is 0.220. The summed E-state index contributed by atoms with van der Waals surface area (Å²) >= 11 is 0. The summed E-state index contributed by atoms with van der Waals surface area (Å²) in [5.41, 5.74) is 1.60. The molecule has 0 saturated heterocycles. The van der Waals surface area contributed by atoms with Crippen molar-refractivity contribution >= 4 is 11.1 Å². The highest BCUT2D eigenvalue weighted by Crippen LogP contribution is 2.24. The summed E-state index contributed by atoms with van der Waals surface area (Å²) in [5, 5.41) is 0. The van der Waals surface area contributed by atoms with E-state index < -0.39 is 5.76 Å². The Morgan fingerprint density at radius 1 is 1.33 bits per heavy atom. The molecule has 4 heteroatoms. The molecule has 0 N–H and O–H groups in total. The summed E-state index contributed by atoms with van der Waals surface area (Å²) in [4.78, 5) is 19.3. The Kier molecular flexibility index (Phi) is 2.07. The molecule has 0 radical (unpaired) electrons. The van der Waals surface area contributed by atoms with Gasteiger partial charge in [-0.15, -0.1) is 0 Å². The minimum atomic E-state index is -0.569. The molecule has 0 spiro atoms. The molecule has 0 aliphatic carbocycles. The molecule has 0 atom stereocenters. The van der Waals surface area contributed by atoms with Crippen LogP contribution in [-0.4, -0.2) is 9.97 Å². The first-order valence-corrected chi connectivity index (χ1v) is 4.75. The van der Waals surface area contributed by atoms with E-state index in [1.807, 2.05) is 20.8 Å². The van der Waals surface area contributed by atoms with Crippen molar-refractivity contribution in [3.8, 4) is 0 Å². The Morgan fingerprint density at radius 3 is 2.73 bits per heavy atom. The zero-order valence-corrected chi connectivity index (χ0v) is 8.94. The van der Waals surface area contributed by atoms with Crippen molar-refractivity contribution in [1.82, 2.24) is 9.97 Å². The first kappa shape index (κ1) is 9.83. The predicted molar refractivity (Wildman–Crippen MR) is 56.8 cm³/mol. The third-order valence-corrected chi connectivity index (χ3v) is 2.11. The van der Waals surface area contributed by atoms with Gasteiger partial charge in [0.2, 0.25) is 0 Å². The highest BCUT2D eigenvalue weighted by atomic mass is 16.4. The molecule has 0 unspecified atom stereocenters. The van der Waals surface area contributed by atoms with E-state index in [9.17, 15) is 4.79 Å². The van der Waals surface area contributed by atoms with Gasteiger partial charge in [0.05, 0.1) is 5.69 Å². The maximum atomic E-state index is 11.2. The van der Waals surface area contributed by atoms with Crippen molar-refractivity contribution in [2.24, 2.45) is 0 Å². The predicted octanol–water partition coefficient (Wildman–Crippen LogP) is 1.88. The molecule has 4 nitrogen and oxygen atoms in total. The number of nitrogens with zero attached hydrogens (tertiary/aromatic N) is 2. The van der Waals surface area contributed by atoms with E-state index in [-0.39, 0.29) is 5.41 Å². The van der Waals surface area contributed by atoms with Crippen LogP contribution in [0.15, 0.2) is 27.5 Å². The van der Waals surface area contributed by atoms with Crippen LogP contribution in [0.5, 0.6) is 0 Å². The molecule has 15 heavy (non-hydrogen) atoms. The fraction of sp³-hybridized carbons (Fsp3) is 0.364. The number of pyridine rings is 1. The summed E-state index contributed by atoms with van der Waals surface area (Å²) in [7, 11) is 0. The van der Waals surface area contributed by atoms with Gasteiger partial charge in [-0.2, -0.15) is 4.98 Å². The smallest absolute Gasteiger partial charge is 0.406 e. The zero-order valence-electron chi connectivity index (χ0n) is 8.94. The molecule has 0 bridgehead atoms. The van der Waals surface area contributed by atoms with Gasteiger partial charge in [0, 0.05) is 11.6 Å². The van der Waals surface area contributed by atoms with Crippen LogP contribution in [0.4, 0.5) is 0 Å². The molecule has 78 valence electrons. The third-order valence-electron chi connectivity index (χ3n) is 2.11. The average Bonchev–Trinajstić information content (AvgIpc) is 2.15. The maximum absolute atomic E-state index is 11.2. The number of hydrogen-bond donors (Lipinski definition) is 0. The highest BCUT2D eigenvalue weighted by Gasteiger charge is 2.21. The molecule has 2 heterocycles. The van der Waals surface area contributed by atoms with Crippen LogP contribution < -0.4 is 5.76 Å². The molecule has 0 saturated carbocycles. The number of hydrogen-bond acceptors (Lipinski definition) is 4. The van der Waals surface area contributed by atoms with Crippen LogP contribution in [0.1, 0.15) is 26.5 Å². The van der Waals surface area contributed by atoms with E-state index in [1.165, 1.54) is 0 Å². The first-order valence-electron chi connectivity index (χ1n) is 4.75. The molecule has 2 aromatic heterocycles. The second-order valence-electron chi connectivity index (χ2n) is 4.43. The van der Waals surface area contributed by atoms with Gasteiger partial charge in [0.25, 0.3) is 0 Å². The molecular formula is C11H12N2O2. The summed E-state index contributed by atoms with van der Waals surface area (Å²) < 4.78 is 4.97. The number of aromatic nitrogens is 2. The van der Waals surface area contributed by atoms with Crippen molar-refractivity contribution in [2.45, 2.75) is 26.2 Å². The van der Waals surface area contributed by atoms with Crippen molar-refractivity contribution in [3.05, 3.63) is 34.6 Å². The second kappa shape index (κ2) is 3.15. The van der Waals surface area contributed by atoms with Crippen LogP contribution in [0.25, 0.3) is 11.1 Å². The van der Waals surface area contributed by atoms with E-state index in [0.29, 0.717) is 16.8 Å². The lowest BCUT2D eigenvalue weighted by atomic mass is 9.91. The van der Waals surface area contributed by atoms with Gasteiger partial charge in [-0.05, 0) is 12.1 Å². The Morgan fingerprint density at radius 2 is 2.07 bits per heavy atom. The van der Waals surface area contributed by atoms with Gasteiger partial charge in [-0.1, -0.05) is 20.8 Å². The SMILES string of the molecule is CC(C)(C)c1nc(=O)oc2cccnc12. The lowest BCUT2D eigenvalue weighted by Crippen LogP contribution is -2.20. The monoisotopic (exact) mass is 204 g/mol. The number of fused-ring (bicyclic) bond motifs is 1.